The lowest BCUT2D eigenvalue weighted by molar-refractivity contribution is -0.119. The zero-order valence-electron chi connectivity index (χ0n) is 10.8. The molecule has 3 heteroatoms. The van der Waals surface area contributed by atoms with Gasteiger partial charge in [0.05, 0.1) is 5.69 Å². The van der Waals surface area contributed by atoms with Crippen molar-refractivity contribution in [1.29, 1.82) is 0 Å². The zero-order chi connectivity index (χ0) is 12.1. The molecule has 0 unspecified atom stereocenters. The Morgan fingerprint density at radius 1 is 1.31 bits per heavy atom. The summed E-state index contributed by atoms with van der Waals surface area (Å²) >= 11 is 0. The molecule has 1 aromatic heterocycles. The molecule has 0 aromatic carbocycles. The summed E-state index contributed by atoms with van der Waals surface area (Å²) in [5.74, 6) is 0.379. The van der Waals surface area contributed by atoms with Crippen molar-refractivity contribution in [2.24, 2.45) is 7.05 Å². The van der Waals surface area contributed by atoms with E-state index in [2.05, 4.69) is 18.9 Å². The third-order valence-corrected chi connectivity index (χ3v) is 3.12. The number of Topliss-reactive ketones (excluding diaryl/α,β-unsaturated/α-hetero) is 1. The molecule has 0 aliphatic carbocycles. The predicted molar refractivity (Wildman–Crippen MR) is 65.5 cm³/mol. The van der Waals surface area contributed by atoms with Gasteiger partial charge in [0.1, 0.15) is 5.78 Å². The third-order valence-electron chi connectivity index (χ3n) is 3.12. The quantitative estimate of drug-likeness (QED) is 0.741. The van der Waals surface area contributed by atoms with Gasteiger partial charge in [-0.2, -0.15) is 5.10 Å². The Labute approximate surface area is 97.8 Å². The summed E-state index contributed by atoms with van der Waals surface area (Å²) in [5.41, 5.74) is 3.48. The molecule has 3 nitrogen and oxygen atoms in total. The first kappa shape index (κ1) is 12.9. The molecule has 0 N–H and O–H groups in total. The zero-order valence-corrected chi connectivity index (χ0v) is 10.8. The molecule has 1 rings (SSSR count). The maximum Gasteiger partial charge on any atom is 0.133 e. The Bertz CT molecular complexity index is 366. The molecule has 0 amide bonds. The minimum atomic E-state index is 0.379. The van der Waals surface area contributed by atoms with Gasteiger partial charge in [0, 0.05) is 25.6 Å². The minimum absolute atomic E-state index is 0.379. The lowest BCUT2D eigenvalue weighted by Crippen LogP contribution is -2.01. The van der Waals surface area contributed by atoms with E-state index in [1.807, 2.05) is 18.7 Å². The Kier molecular flexibility index (Phi) is 4.71. The van der Waals surface area contributed by atoms with Gasteiger partial charge in [-0.1, -0.05) is 13.3 Å². The number of rotatable bonds is 6. The summed E-state index contributed by atoms with van der Waals surface area (Å²) < 4.78 is 1.89. The fraction of sp³-hybridized carbons (Fsp3) is 0.692. The van der Waals surface area contributed by atoms with Crippen LogP contribution in [0, 0.1) is 13.8 Å². The molecule has 90 valence electrons. The third kappa shape index (κ3) is 3.19. The number of aryl methyl sites for hydroxylation is 2. The largest absolute Gasteiger partial charge is 0.300 e. The van der Waals surface area contributed by atoms with E-state index in [-0.39, 0.29) is 0 Å². The van der Waals surface area contributed by atoms with E-state index in [0.29, 0.717) is 12.2 Å². The molecule has 1 aromatic rings. The standard InChI is InChI=1S/C13H22N2O/c1-5-6-7-12(16)8-9-13-10(2)14-15(4)11(13)3/h5-9H2,1-4H3. The van der Waals surface area contributed by atoms with Gasteiger partial charge in [-0.05, 0) is 32.3 Å². The molecule has 0 radical (unpaired) electrons. The van der Waals surface area contributed by atoms with E-state index in [9.17, 15) is 4.79 Å². The van der Waals surface area contributed by atoms with Crippen LogP contribution in [-0.4, -0.2) is 15.6 Å². The van der Waals surface area contributed by atoms with Gasteiger partial charge in [-0.25, -0.2) is 0 Å². The molecule has 0 spiro atoms. The number of hydrogen-bond donors (Lipinski definition) is 0. The van der Waals surface area contributed by atoms with E-state index in [4.69, 9.17) is 0 Å². The van der Waals surface area contributed by atoms with Gasteiger partial charge in [-0.3, -0.25) is 9.48 Å². The summed E-state index contributed by atoms with van der Waals surface area (Å²) in [7, 11) is 1.95. The van der Waals surface area contributed by atoms with Crippen LogP contribution < -0.4 is 0 Å². The van der Waals surface area contributed by atoms with Crippen molar-refractivity contribution in [1.82, 2.24) is 9.78 Å². The van der Waals surface area contributed by atoms with Crippen molar-refractivity contribution in [3.63, 3.8) is 0 Å². The number of carbonyl (C=O) groups excluding carboxylic acids is 1. The molecule has 0 atom stereocenters. The van der Waals surface area contributed by atoms with Gasteiger partial charge in [0.2, 0.25) is 0 Å². The first-order valence-corrected chi connectivity index (χ1v) is 6.07. The maximum absolute atomic E-state index is 11.6. The van der Waals surface area contributed by atoms with Crippen molar-refractivity contribution in [3.05, 3.63) is 17.0 Å². The van der Waals surface area contributed by atoms with Crippen LogP contribution in [0.5, 0.6) is 0 Å². The van der Waals surface area contributed by atoms with Gasteiger partial charge in [-0.15, -0.1) is 0 Å². The lowest BCUT2D eigenvalue weighted by Gasteiger charge is -2.01. The SMILES string of the molecule is CCCCC(=O)CCc1c(C)nn(C)c1C. The van der Waals surface area contributed by atoms with Crippen molar-refractivity contribution in [2.45, 2.75) is 52.9 Å². The highest BCUT2D eigenvalue weighted by Crippen LogP contribution is 2.14. The van der Waals surface area contributed by atoms with Crippen molar-refractivity contribution in [2.75, 3.05) is 0 Å². The van der Waals surface area contributed by atoms with Crippen molar-refractivity contribution in [3.8, 4) is 0 Å². The van der Waals surface area contributed by atoms with Gasteiger partial charge in [0.15, 0.2) is 0 Å². The summed E-state index contributed by atoms with van der Waals surface area (Å²) in [4.78, 5) is 11.6. The summed E-state index contributed by atoms with van der Waals surface area (Å²) in [5, 5.41) is 4.36. The fourth-order valence-electron chi connectivity index (χ4n) is 1.94. The van der Waals surface area contributed by atoms with Crippen LogP contribution in [0.4, 0.5) is 0 Å². The van der Waals surface area contributed by atoms with Crippen LogP contribution in [-0.2, 0) is 18.3 Å². The number of carbonyl (C=O) groups is 1. The molecule has 0 aliphatic rings. The first-order valence-electron chi connectivity index (χ1n) is 6.07. The van der Waals surface area contributed by atoms with Crippen LogP contribution in [0.3, 0.4) is 0 Å². The van der Waals surface area contributed by atoms with Gasteiger partial charge < -0.3 is 0 Å². The average molecular weight is 222 g/mol. The molecule has 0 aliphatic heterocycles. The van der Waals surface area contributed by atoms with E-state index in [1.54, 1.807) is 0 Å². The van der Waals surface area contributed by atoms with Crippen molar-refractivity contribution < 1.29 is 4.79 Å². The molecule has 16 heavy (non-hydrogen) atoms. The summed E-state index contributed by atoms with van der Waals surface area (Å²) in [6, 6.07) is 0. The number of ketones is 1. The first-order chi connectivity index (χ1) is 7.56. The molecule has 0 fully saturated rings. The number of nitrogens with zero attached hydrogens (tertiary/aromatic N) is 2. The number of hydrogen-bond acceptors (Lipinski definition) is 2. The second kappa shape index (κ2) is 5.83. The maximum atomic E-state index is 11.6. The molecular weight excluding hydrogens is 200 g/mol. The van der Waals surface area contributed by atoms with Crippen molar-refractivity contribution >= 4 is 5.78 Å². The Hall–Kier alpha value is -1.12. The smallest absolute Gasteiger partial charge is 0.133 e. The van der Waals surface area contributed by atoms with Gasteiger partial charge >= 0.3 is 0 Å². The topological polar surface area (TPSA) is 34.9 Å². The molecule has 0 bridgehead atoms. The summed E-state index contributed by atoms with van der Waals surface area (Å²) in [6.07, 6.45) is 4.34. The number of unbranched alkanes of at least 4 members (excludes halogenated alkanes) is 1. The van der Waals surface area contributed by atoms with Crippen LogP contribution >= 0.6 is 0 Å². The fourth-order valence-corrected chi connectivity index (χ4v) is 1.94. The van der Waals surface area contributed by atoms with E-state index in [0.717, 1.165) is 31.4 Å². The van der Waals surface area contributed by atoms with Crippen LogP contribution in [0.2, 0.25) is 0 Å². The van der Waals surface area contributed by atoms with Gasteiger partial charge in [0.25, 0.3) is 0 Å². The Morgan fingerprint density at radius 2 is 2.00 bits per heavy atom. The van der Waals surface area contributed by atoms with E-state index in [1.165, 1.54) is 11.3 Å². The Morgan fingerprint density at radius 3 is 2.50 bits per heavy atom. The normalized spacial score (nSPS) is 10.8. The summed E-state index contributed by atoms with van der Waals surface area (Å²) in [6.45, 7) is 6.19. The van der Waals surface area contributed by atoms with Crippen LogP contribution in [0.25, 0.3) is 0 Å². The Balaban J connectivity index is 2.51. The highest BCUT2D eigenvalue weighted by Gasteiger charge is 2.10. The van der Waals surface area contributed by atoms with Crippen LogP contribution in [0.15, 0.2) is 0 Å². The second-order valence-electron chi connectivity index (χ2n) is 4.42. The monoisotopic (exact) mass is 222 g/mol. The predicted octanol–water partition coefficient (Wildman–Crippen LogP) is 2.73. The second-order valence-corrected chi connectivity index (χ2v) is 4.42. The number of aromatic nitrogens is 2. The highest BCUT2D eigenvalue weighted by atomic mass is 16.1. The molecular formula is C13H22N2O. The highest BCUT2D eigenvalue weighted by molar-refractivity contribution is 5.78. The average Bonchev–Trinajstić information content (AvgIpc) is 2.48. The lowest BCUT2D eigenvalue weighted by atomic mass is 10.0. The minimum Gasteiger partial charge on any atom is -0.300 e. The molecule has 0 saturated heterocycles. The molecule has 0 saturated carbocycles. The van der Waals surface area contributed by atoms with Crippen LogP contribution in [0.1, 0.15) is 49.6 Å². The van der Waals surface area contributed by atoms with E-state index < -0.39 is 0 Å². The van der Waals surface area contributed by atoms with E-state index >= 15 is 0 Å². The molecule has 1 heterocycles.